The summed E-state index contributed by atoms with van der Waals surface area (Å²) in [7, 11) is 0. The van der Waals surface area contributed by atoms with Gasteiger partial charge in [-0.05, 0) is 12.1 Å². The first kappa shape index (κ1) is 11.6. The number of anilines is 1. The van der Waals surface area contributed by atoms with Crippen molar-refractivity contribution in [2.75, 3.05) is 11.4 Å². The Bertz CT molecular complexity index is 572. The molecule has 1 fully saturated rings. The lowest BCUT2D eigenvalue weighted by atomic mass is 10.2. The first-order valence-electron chi connectivity index (χ1n) is 5.54. The maximum Gasteiger partial charge on any atom is 0.230 e. The van der Waals surface area contributed by atoms with Crippen LogP contribution in [0, 0.1) is 0 Å². The van der Waals surface area contributed by atoms with Crippen LogP contribution in [-0.4, -0.2) is 27.8 Å². The van der Waals surface area contributed by atoms with Gasteiger partial charge >= 0.3 is 0 Å². The summed E-state index contributed by atoms with van der Waals surface area (Å²) in [6.07, 6.45) is 3.87. The molecule has 2 aromatic rings. The molecule has 0 N–H and O–H groups in total. The molecule has 3 rings (SSSR count). The number of thiazole rings is 1. The summed E-state index contributed by atoms with van der Waals surface area (Å²) in [5.74, 6) is 0.0436. The van der Waals surface area contributed by atoms with Crippen molar-refractivity contribution in [3.05, 3.63) is 29.9 Å². The van der Waals surface area contributed by atoms with Crippen molar-refractivity contribution in [1.29, 1.82) is 0 Å². The lowest BCUT2D eigenvalue weighted by Gasteiger charge is -2.10. The minimum atomic E-state index is -0.108. The van der Waals surface area contributed by atoms with Gasteiger partial charge in [0.2, 0.25) is 5.91 Å². The summed E-state index contributed by atoms with van der Waals surface area (Å²) >= 11 is 7.43. The van der Waals surface area contributed by atoms with Crippen molar-refractivity contribution in [1.82, 2.24) is 9.97 Å². The predicted molar refractivity (Wildman–Crippen MR) is 72.0 cm³/mol. The van der Waals surface area contributed by atoms with Crippen LogP contribution in [0.15, 0.2) is 29.9 Å². The van der Waals surface area contributed by atoms with Crippen molar-refractivity contribution in [2.45, 2.75) is 11.8 Å². The van der Waals surface area contributed by atoms with Crippen molar-refractivity contribution in [3.63, 3.8) is 0 Å². The van der Waals surface area contributed by atoms with E-state index < -0.39 is 0 Å². The molecule has 0 saturated carbocycles. The second-order valence-electron chi connectivity index (χ2n) is 4.06. The molecule has 0 radical (unpaired) electrons. The average molecular weight is 280 g/mol. The lowest BCUT2D eigenvalue weighted by Crippen LogP contribution is -2.24. The topological polar surface area (TPSA) is 46.1 Å². The summed E-state index contributed by atoms with van der Waals surface area (Å²) in [4.78, 5) is 21.9. The third kappa shape index (κ3) is 2.11. The summed E-state index contributed by atoms with van der Waals surface area (Å²) in [6, 6.07) is 3.81. The lowest BCUT2D eigenvalue weighted by molar-refractivity contribution is -0.117. The molecule has 0 aromatic carbocycles. The Morgan fingerprint density at radius 1 is 1.50 bits per heavy atom. The number of carbonyl (C=O) groups is 1. The number of hydrogen-bond acceptors (Lipinski definition) is 4. The van der Waals surface area contributed by atoms with Crippen LogP contribution in [-0.2, 0) is 4.79 Å². The second kappa shape index (κ2) is 4.66. The first-order chi connectivity index (χ1) is 8.74. The van der Waals surface area contributed by atoms with E-state index in [9.17, 15) is 4.79 Å². The Hall–Kier alpha value is -1.46. The van der Waals surface area contributed by atoms with Crippen LogP contribution in [0.4, 0.5) is 5.13 Å². The van der Waals surface area contributed by atoms with Crippen molar-refractivity contribution < 1.29 is 4.79 Å². The average Bonchev–Trinajstić information content (AvgIpc) is 2.97. The number of rotatable bonds is 2. The van der Waals surface area contributed by atoms with Gasteiger partial charge in [-0.25, -0.2) is 4.98 Å². The Kier molecular flexibility index (Phi) is 3.01. The maximum absolute atomic E-state index is 11.7. The van der Waals surface area contributed by atoms with E-state index >= 15 is 0 Å². The molecular weight excluding hydrogens is 270 g/mol. The van der Waals surface area contributed by atoms with Gasteiger partial charge in [-0.3, -0.25) is 14.7 Å². The molecular formula is C12H10ClN3OS. The minimum absolute atomic E-state index is 0.0436. The molecule has 92 valence electrons. The highest BCUT2D eigenvalue weighted by Gasteiger charge is 2.30. The fourth-order valence-corrected chi connectivity index (χ4v) is 3.01. The van der Waals surface area contributed by atoms with Crippen LogP contribution in [0.5, 0.6) is 0 Å². The first-order valence-corrected chi connectivity index (χ1v) is 6.86. The monoisotopic (exact) mass is 279 g/mol. The van der Waals surface area contributed by atoms with Crippen LogP contribution in [0.2, 0.25) is 0 Å². The zero-order valence-corrected chi connectivity index (χ0v) is 11.0. The third-order valence-corrected chi connectivity index (χ3v) is 3.91. The van der Waals surface area contributed by atoms with E-state index in [0.29, 0.717) is 18.1 Å². The number of alkyl halides is 1. The Balaban J connectivity index is 1.88. The number of halogens is 1. The van der Waals surface area contributed by atoms with Crippen LogP contribution in [0.3, 0.4) is 0 Å². The van der Waals surface area contributed by atoms with Crippen LogP contribution in [0.25, 0.3) is 11.3 Å². The Morgan fingerprint density at radius 2 is 2.39 bits per heavy atom. The summed E-state index contributed by atoms with van der Waals surface area (Å²) in [5, 5.41) is 2.53. The van der Waals surface area contributed by atoms with Crippen LogP contribution in [0.1, 0.15) is 6.42 Å². The third-order valence-electron chi connectivity index (χ3n) is 2.76. The SMILES string of the molecule is O=C1CC(Cl)CN1c1nc(-c2cccnc2)cs1. The number of pyridine rings is 1. The molecule has 6 heteroatoms. The van der Waals surface area contributed by atoms with Crippen LogP contribution < -0.4 is 4.90 Å². The highest BCUT2D eigenvalue weighted by molar-refractivity contribution is 7.14. The van der Waals surface area contributed by atoms with Gasteiger partial charge in [-0.15, -0.1) is 22.9 Å². The van der Waals surface area contributed by atoms with Gasteiger partial charge in [0, 0.05) is 36.3 Å². The molecule has 2 aromatic heterocycles. The van der Waals surface area contributed by atoms with E-state index in [1.54, 1.807) is 17.3 Å². The number of nitrogens with zero attached hydrogens (tertiary/aromatic N) is 3. The van der Waals surface area contributed by atoms with Crippen molar-refractivity contribution >= 4 is 34.0 Å². The molecule has 1 aliphatic heterocycles. The fourth-order valence-electron chi connectivity index (χ4n) is 1.88. The molecule has 4 nitrogen and oxygen atoms in total. The Morgan fingerprint density at radius 3 is 3.06 bits per heavy atom. The predicted octanol–water partition coefficient (Wildman–Crippen LogP) is 2.55. The molecule has 1 atom stereocenters. The molecule has 1 unspecified atom stereocenters. The smallest absolute Gasteiger partial charge is 0.230 e. The normalized spacial score (nSPS) is 19.5. The molecule has 0 spiro atoms. The standard InChI is InChI=1S/C12H10ClN3OS/c13-9-4-11(17)16(6-9)12-15-10(7-18-12)8-2-1-3-14-5-8/h1-3,5,7,9H,4,6H2. The van der Waals surface area contributed by atoms with E-state index in [2.05, 4.69) is 9.97 Å². The Labute approximate surface area is 113 Å². The van der Waals surface area contributed by atoms with Gasteiger partial charge < -0.3 is 0 Å². The highest BCUT2D eigenvalue weighted by Crippen LogP contribution is 2.30. The summed E-state index contributed by atoms with van der Waals surface area (Å²) < 4.78 is 0. The van der Waals surface area contributed by atoms with E-state index in [0.717, 1.165) is 11.3 Å². The molecule has 1 saturated heterocycles. The van der Waals surface area contributed by atoms with Gasteiger partial charge in [0.1, 0.15) is 0 Å². The summed E-state index contributed by atoms with van der Waals surface area (Å²) in [6.45, 7) is 0.542. The van der Waals surface area contributed by atoms with Gasteiger partial charge in [0.15, 0.2) is 5.13 Å². The largest absolute Gasteiger partial charge is 0.287 e. The number of hydrogen-bond donors (Lipinski definition) is 0. The van der Waals surface area contributed by atoms with Crippen molar-refractivity contribution in [2.24, 2.45) is 0 Å². The van der Waals surface area contributed by atoms with Gasteiger partial charge in [0.25, 0.3) is 0 Å². The van der Waals surface area contributed by atoms with E-state index in [1.807, 2.05) is 17.5 Å². The molecule has 1 amide bonds. The van der Waals surface area contributed by atoms with Gasteiger partial charge in [0.05, 0.1) is 11.1 Å². The van der Waals surface area contributed by atoms with E-state index in [-0.39, 0.29) is 11.3 Å². The molecule has 0 aliphatic carbocycles. The van der Waals surface area contributed by atoms with E-state index in [4.69, 9.17) is 11.6 Å². The van der Waals surface area contributed by atoms with Gasteiger partial charge in [-0.1, -0.05) is 0 Å². The number of amides is 1. The fraction of sp³-hybridized carbons (Fsp3) is 0.250. The molecule has 18 heavy (non-hydrogen) atoms. The number of carbonyl (C=O) groups excluding carboxylic acids is 1. The quantitative estimate of drug-likeness (QED) is 0.794. The minimum Gasteiger partial charge on any atom is -0.287 e. The highest BCUT2D eigenvalue weighted by atomic mass is 35.5. The second-order valence-corrected chi connectivity index (χ2v) is 5.52. The van der Waals surface area contributed by atoms with E-state index in [1.165, 1.54) is 11.3 Å². The molecule has 3 heterocycles. The van der Waals surface area contributed by atoms with Crippen LogP contribution >= 0.6 is 22.9 Å². The molecule has 1 aliphatic rings. The zero-order valence-electron chi connectivity index (χ0n) is 9.41. The maximum atomic E-state index is 11.7. The number of aromatic nitrogens is 2. The van der Waals surface area contributed by atoms with Gasteiger partial charge in [-0.2, -0.15) is 0 Å². The molecule has 0 bridgehead atoms. The zero-order chi connectivity index (χ0) is 12.5. The van der Waals surface area contributed by atoms with Crippen molar-refractivity contribution in [3.8, 4) is 11.3 Å². The summed E-state index contributed by atoms with van der Waals surface area (Å²) in [5.41, 5.74) is 1.79.